The predicted octanol–water partition coefficient (Wildman–Crippen LogP) is 3.05. The van der Waals surface area contributed by atoms with Crippen molar-refractivity contribution in [3.05, 3.63) is 28.2 Å². The Balaban J connectivity index is 2.13. The van der Waals surface area contributed by atoms with Gasteiger partial charge >= 0.3 is 5.97 Å². The largest absolute Gasteiger partial charge is 0.478 e. The van der Waals surface area contributed by atoms with Gasteiger partial charge in [0.1, 0.15) is 5.75 Å². The van der Waals surface area contributed by atoms with E-state index < -0.39 is 5.97 Å². The van der Waals surface area contributed by atoms with Crippen LogP contribution in [0.2, 0.25) is 0 Å². The van der Waals surface area contributed by atoms with Gasteiger partial charge in [0.05, 0.1) is 16.6 Å². The third-order valence-electron chi connectivity index (χ3n) is 2.57. The second-order valence-electron chi connectivity index (χ2n) is 3.86. The highest BCUT2D eigenvalue weighted by atomic mass is 79.9. The Hall–Kier alpha value is -1.07. The maximum atomic E-state index is 10.9. The zero-order chi connectivity index (χ0) is 12.3. The van der Waals surface area contributed by atoms with Crippen molar-refractivity contribution >= 4 is 21.9 Å². The number of halogens is 1. The van der Waals surface area contributed by atoms with Gasteiger partial charge in [0, 0.05) is 6.42 Å². The van der Waals surface area contributed by atoms with Crippen molar-refractivity contribution in [2.24, 2.45) is 0 Å². The van der Waals surface area contributed by atoms with Crippen molar-refractivity contribution in [1.29, 1.82) is 0 Å². The fourth-order valence-electron chi connectivity index (χ4n) is 1.67. The first-order valence-electron chi connectivity index (χ1n) is 5.48. The molecule has 0 saturated carbocycles. The lowest BCUT2D eigenvalue weighted by Gasteiger charge is -2.24. The molecule has 2 rings (SSSR count). The van der Waals surface area contributed by atoms with Crippen LogP contribution in [0.3, 0.4) is 0 Å². The highest BCUT2D eigenvalue weighted by Crippen LogP contribution is 2.28. The smallest absolute Gasteiger partial charge is 0.335 e. The van der Waals surface area contributed by atoms with E-state index in [0.29, 0.717) is 12.4 Å². The van der Waals surface area contributed by atoms with Crippen LogP contribution in [-0.2, 0) is 4.74 Å². The molecule has 0 amide bonds. The van der Waals surface area contributed by atoms with E-state index in [-0.39, 0.29) is 11.9 Å². The number of hydrogen-bond donors (Lipinski definition) is 1. The van der Waals surface area contributed by atoms with Crippen molar-refractivity contribution in [3.63, 3.8) is 0 Å². The molecule has 0 aliphatic carbocycles. The summed E-state index contributed by atoms with van der Waals surface area (Å²) in [5, 5.41) is 8.90. The molecule has 17 heavy (non-hydrogen) atoms. The summed E-state index contributed by atoms with van der Waals surface area (Å²) < 4.78 is 11.8. The Bertz CT molecular complexity index is 413. The summed E-state index contributed by atoms with van der Waals surface area (Å²) >= 11 is 3.33. The summed E-state index contributed by atoms with van der Waals surface area (Å²) in [5.74, 6) is -0.455. The summed E-state index contributed by atoms with van der Waals surface area (Å²) in [5.41, 5.74) is 0.207. The van der Waals surface area contributed by atoms with E-state index in [2.05, 4.69) is 15.9 Å². The summed E-state index contributed by atoms with van der Waals surface area (Å²) in [6, 6.07) is 4.70. The Kier molecular flexibility index (Phi) is 4.02. The van der Waals surface area contributed by atoms with Gasteiger partial charge < -0.3 is 14.6 Å². The molecule has 0 radical (unpaired) electrons. The van der Waals surface area contributed by atoms with Gasteiger partial charge in [-0.2, -0.15) is 0 Å². The maximum Gasteiger partial charge on any atom is 0.335 e. The van der Waals surface area contributed by atoms with Crippen LogP contribution < -0.4 is 4.74 Å². The number of carboxylic acids is 1. The van der Waals surface area contributed by atoms with E-state index in [1.54, 1.807) is 6.07 Å². The molecule has 0 bridgehead atoms. The maximum absolute atomic E-state index is 10.9. The first kappa shape index (κ1) is 12.4. The molecule has 1 aromatic rings. The van der Waals surface area contributed by atoms with Crippen molar-refractivity contribution in [3.8, 4) is 5.75 Å². The summed E-state index contributed by atoms with van der Waals surface area (Å²) in [6.45, 7) is 0.695. The lowest BCUT2D eigenvalue weighted by molar-refractivity contribution is -0.106. The highest BCUT2D eigenvalue weighted by molar-refractivity contribution is 9.10. The normalized spacial score (nSPS) is 19.9. The molecular weight excluding hydrogens is 288 g/mol. The molecule has 1 atom stereocenters. The summed E-state index contributed by atoms with van der Waals surface area (Å²) in [4.78, 5) is 10.9. The van der Waals surface area contributed by atoms with Crippen LogP contribution in [0.4, 0.5) is 0 Å². The molecule has 92 valence electrons. The summed E-state index contributed by atoms with van der Waals surface area (Å²) in [6.07, 6.45) is 2.69. The van der Waals surface area contributed by atoms with E-state index in [1.807, 2.05) is 0 Å². The monoisotopic (exact) mass is 300 g/mol. The number of benzene rings is 1. The lowest BCUT2D eigenvalue weighted by Crippen LogP contribution is -2.25. The molecule has 1 aliphatic heterocycles. The molecule has 4 nitrogen and oxygen atoms in total. The topological polar surface area (TPSA) is 55.8 Å². The second kappa shape index (κ2) is 5.51. The number of carboxylic acid groups (broad SMARTS) is 1. The van der Waals surface area contributed by atoms with Gasteiger partial charge in [0.25, 0.3) is 0 Å². The first-order valence-corrected chi connectivity index (χ1v) is 6.27. The van der Waals surface area contributed by atoms with Gasteiger partial charge in [0.2, 0.25) is 0 Å². The Morgan fingerprint density at radius 2 is 2.29 bits per heavy atom. The lowest BCUT2D eigenvalue weighted by atomic mass is 10.2. The standard InChI is InChI=1S/C12H13BrO4/c13-9-5-4-8(12(14)15)7-10(9)17-11-3-1-2-6-16-11/h4-5,7,11H,1-3,6H2,(H,14,15). The molecule has 1 aromatic carbocycles. The molecule has 1 aliphatic rings. The molecule has 1 heterocycles. The minimum Gasteiger partial charge on any atom is -0.478 e. The minimum atomic E-state index is -0.966. The first-order chi connectivity index (χ1) is 8.16. The Morgan fingerprint density at radius 3 is 2.94 bits per heavy atom. The van der Waals surface area contributed by atoms with Crippen LogP contribution in [0, 0.1) is 0 Å². The third-order valence-corrected chi connectivity index (χ3v) is 3.23. The Morgan fingerprint density at radius 1 is 1.47 bits per heavy atom. The van der Waals surface area contributed by atoms with Crippen molar-refractivity contribution in [1.82, 2.24) is 0 Å². The van der Waals surface area contributed by atoms with Crippen molar-refractivity contribution in [2.75, 3.05) is 6.61 Å². The van der Waals surface area contributed by atoms with E-state index >= 15 is 0 Å². The fraction of sp³-hybridized carbons (Fsp3) is 0.417. The zero-order valence-electron chi connectivity index (χ0n) is 9.19. The fourth-order valence-corrected chi connectivity index (χ4v) is 2.01. The van der Waals surface area contributed by atoms with Crippen LogP contribution in [0.15, 0.2) is 22.7 Å². The minimum absolute atomic E-state index is 0.207. The van der Waals surface area contributed by atoms with Crippen LogP contribution >= 0.6 is 15.9 Å². The van der Waals surface area contributed by atoms with E-state index in [4.69, 9.17) is 14.6 Å². The molecule has 0 aromatic heterocycles. The van der Waals surface area contributed by atoms with Gasteiger partial charge in [-0.1, -0.05) is 0 Å². The average molecular weight is 301 g/mol. The summed E-state index contributed by atoms with van der Waals surface area (Å²) in [7, 11) is 0. The van der Waals surface area contributed by atoms with E-state index in [9.17, 15) is 4.79 Å². The average Bonchev–Trinajstić information content (AvgIpc) is 2.33. The highest BCUT2D eigenvalue weighted by Gasteiger charge is 2.17. The third kappa shape index (κ3) is 3.20. The number of ether oxygens (including phenoxy) is 2. The molecule has 0 spiro atoms. The Labute approximate surface area is 108 Å². The van der Waals surface area contributed by atoms with E-state index in [1.165, 1.54) is 12.1 Å². The molecular formula is C12H13BrO4. The van der Waals surface area contributed by atoms with Crippen LogP contribution in [0.1, 0.15) is 29.6 Å². The molecule has 1 saturated heterocycles. The number of hydrogen-bond acceptors (Lipinski definition) is 3. The molecule has 1 N–H and O–H groups in total. The van der Waals surface area contributed by atoms with Crippen LogP contribution in [0.5, 0.6) is 5.75 Å². The zero-order valence-corrected chi connectivity index (χ0v) is 10.8. The SMILES string of the molecule is O=C(O)c1ccc(Br)c(OC2CCCCO2)c1. The van der Waals surface area contributed by atoms with Gasteiger partial charge in [-0.25, -0.2) is 4.79 Å². The molecule has 5 heteroatoms. The number of carbonyl (C=O) groups is 1. The van der Waals surface area contributed by atoms with Crippen molar-refractivity contribution in [2.45, 2.75) is 25.6 Å². The van der Waals surface area contributed by atoms with Crippen LogP contribution in [0.25, 0.3) is 0 Å². The van der Waals surface area contributed by atoms with Gasteiger partial charge in [-0.3, -0.25) is 0 Å². The van der Waals surface area contributed by atoms with Gasteiger partial charge in [-0.05, 0) is 47.0 Å². The van der Waals surface area contributed by atoms with Crippen molar-refractivity contribution < 1.29 is 19.4 Å². The molecule has 1 unspecified atom stereocenters. The van der Waals surface area contributed by atoms with E-state index in [0.717, 1.165) is 23.7 Å². The quantitative estimate of drug-likeness (QED) is 0.932. The van der Waals surface area contributed by atoms with Crippen LogP contribution in [-0.4, -0.2) is 24.0 Å². The molecule has 1 fully saturated rings. The van der Waals surface area contributed by atoms with Gasteiger partial charge in [0.15, 0.2) is 6.29 Å². The second-order valence-corrected chi connectivity index (χ2v) is 4.72. The number of aromatic carboxylic acids is 1. The van der Waals surface area contributed by atoms with Gasteiger partial charge in [-0.15, -0.1) is 0 Å². The predicted molar refractivity (Wildman–Crippen MR) is 65.3 cm³/mol. The number of rotatable bonds is 3.